The van der Waals surface area contributed by atoms with Crippen LogP contribution >= 0.6 is 0 Å². The van der Waals surface area contributed by atoms with Gasteiger partial charge in [0.1, 0.15) is 5.60 Å². The Hall–Kier alpha value is -0.810. The zero-order valence-electron chi connectivity index (χ0n) is 16.5. The van der Waals surface area contributed by atoms with Crippen molar-refractivity contribution in [1.82, 2.24) is 10.2 Å². The van der Waals surface area contributed by atoms with Crippen molar-refractivity contribution in [3.63, 3.8) is 0 Å². The van der Waals surface area contributed by atoms with Gasteiger partial charge in [0.25, 0.3) is 0 Å². The average Bonchev–Trinajstić information content (AvgIpc) is 2.59. The molecular formula is C21H36N2O3. The van der Waals surface area contributed by atoms with Crippen molar-refractivity contribution in [2.75, 3.05) is 32.8 Å². The SMILES string of the molecule is CC[C@H](C)[C@@H](CN1CCOCC1)NC(=O)OC12CC3CC(CC(C3)C1)C2. The number of alkyl carbamates (subject to hydrolysis) is 1. The summed E-state index contributed by atoms with van der Waals surface area (Å²) in [6.45, 7) is 8.83. The van der Waals surface area contributed by atoms with Gasteiger partial charge in [-0.25, -0.2) is 4.79 Å². The molecule has 0 aromatic carbocycles. The number of nitrogens with one attached hydrogen (secondary N) is 1. The largest absolute Gasteiger partial charge is 0.443 e. The van der Waals surface area contributed by atoms with Crippen molar-refractivity contribution >= 4 is 6.09 Å². The van der Waals surface area contributed by atoms with Gasteiger partial charge in [0.05, 0.1) is 13.2 Å². The Morgan fingerprint density at radius 2 is 1.73 bits per heavy atom. The number of carbonyl (C=O) groups is 1. The first kappa shape index (κ1) is 18.5. The highest BCUT2D eigenvalue weighted by atomic mass is 16.6. The Kier molecular flexibility index (Phi) is 5.47. The van der Waals surface area contributed by atoms with E-state index in [4.69, 9.17) is 9.47 Å². The molecule has 0 radical (unpaired) electrons. The van der Waals surface area contributed by atoms with E-state index >= 15 is 0 Å². The standard InChI is InChI=1S/C21H36N2O3/c1-3-15(2)19(14-23-4-6-25-7-5-23)22-20(24)26-21-11-16-8-17(12-21)10-18(9-16)13-21/h15-19H,3-14H2,1-2H3,(H,22,24)/t15-,16?,17?,18?,19+,21?/m0/s1. The lowest BCUT2D eigenvalue weighted by molar-refractivity contribution is -0.128. The molecule has 1 N–H and O–H groups in total. The van der Waals surface area contributed by atoms with Crippen molar-refractivity contribution in [2.45, 2.75) is 70.4 Å². The Balaban J connectivity index is 1.35. The molecule has 4 saturated carbocycles. The second-order valence-corrected chi connectivity index (χ2v) is 9.54. The van der Waals surface area contributed by atoms with Gasteiger partial charge in [-0.3, -0.25) is 4.90 Å². The topological polar surface area (TPSA) is 50.8 Å². The van der Waals surface area contributed by atoms with Crippen molar-refractivity contribution < 1.29 is 14.3 Å². The third kappa shape index (κ3) is 4.04. The van der Waals surface area contributed by atoms with Crippen molar-refractivity contribution in [2.24, 2.45) is 23.7 Å². The second-order valence-electron chi connectivity index (χ2n) is 9.54. The van der Waals surface area contributed by atoms with E-state index in [-0.39, 0.29) is 17.7 Å². The molecule has 1 aliphatic heterocycles. The normalized spacial score (nSPS) is 38.8. The molecule has 0 spiro atoms. The van der Waals surface area contributed by atoms with E-state index in [0.717, 1.165) is 76.3 Å². The van der Waals surface area contributed by atoms with Crippen LogP contribution in [0.4, 0.5) is 4.79 Å². The van der Waals surface area contributed by atoms with Gasteiger partial charge in [0.2, 0.25) is 0 Å². The maximum absolute atomic E-state index is 12.8. The van der Waals surface area contributed by atoms with Crippen LogP contribution in [0.3, 0.4) is 0 Å². The Labute approximate surface area is 158 Å². The highest BCUT2D eigenvalue weighted by Gasteiger charge is 2.53. The van der Waals surface area contributed by atoms with Crippen LogP contribution in [0.2, 0.25) is 0 Å². The van der Waals surface area contributed by atoms with Crippen LogP contribution in [0, 0.1) is 23.7 Å². The van der Waals surface area contributed by atoms with Crippen LogP contribution in [-0.4, -0.2) is 55.5 Å². The maximum Gasteiger partial charge on any atom is 0.407 e. The molecule has 0 unspecified atom stereocenters. The molecule has 5 aliphatic rings. The molecule has 5 fully saturated rings. The molecular weight excluding hydrogens is 328 g/mol. The Bertz CT molecular complexity index is 468. The fraction of sp³-hybridized carbons (Fsp3) is 0.952. The minimum Gasteiger partial charge on any atom is -0.443 e. The van der Waals surface area contributed by atoms with Crippen LogP contribution in [0.5, 0.6) is 0 Å². The number of carbonyl (C=O) groups excluding carboxylic acids is 1. The zero-order valence-corrected chi connectivity index (χ0v) is 16.5. The molecule has 5 rings (SSSR count). The average molecular weight is 365 g/mol. The van der Waals surface area contributed by atoms with Crippen molar-refractivity contribution in [3.05, 3.63) is 0 Å². The molecule has 1 amide bonds. The van der Waals surface area contributed by atoms with Gasteiger partial charge in [0.15, 0.2) is 0 Å². The summed E-state index contributed by atoms with van der Waals surface area (Å²) in [6, 6.07) is 0.152. The van der Waals surface area contributed by atoms with Gasteiger partial charge in [-0.1, -0.05) is 20.3 Å². The first-order chi connectivity index (χ1) is 12.5. The molecule has 5 nitrogen and oxygen atoms in total. The molecule has 26 heavy (non-hydrogen) atoms. The summed E-state index contributed by atoms with van der Waals surface area (Å²) in [5, 5.41) is 3.25. The minimum atomic E-state index is -0.175. The summed E-state index contributed by atoms with van der Waals surface area (Å²) in [4.78, 5) is 15.2. The quantitative estimate of drug-likeness (QED) is 0.784. The summed E-state index contributed by atoms with van der Waals surface area (Å²) in [6.07, 6.45) is 8.31. The fourth-order valence-electron chi connectivity index (χ4n) is 6.25. The smallest absolute Gasteiger partial charge is 0.407 e. The number of hydrogen-bond acceptors (Lipinski definition) is 4. The van der Waals surface area contributed by atoms with Gasteiger partial charge < -0.3 is 14.8 Å². The van der Waals surface area contributed by atoms with Crippen molar-refractivity contribution in [1.29, 1.82) is 0 Å². The summed E-state index contributed by atoms with van der Waals surface area (Å²) < 4.78 is 11.6. The van der Waals surface area contributed by atoms with Gasteiger partial charge in [-0.05, 0) is 62.2 Å². The van der Waals surface area contributed by atoms with Crippen LogP contribution in [0.15, 0.2) is 0 Å². The monoisotopic (exact) mass is 364 g/mol. The van der Waals surface area contributed by atoms with E-state index in [1.165, 1.54) is 19.3 Å². The molecule has 5 heteroatoms. The minimum absolute atomic E-state index is 0.152. The van der Waals surface area contributed by atoms with Crippen LogP contribution in [0.1, 0.15) is 58.8 Å². The molecule has 0 aromatic heterocycles. The van der Waals surface area contributed by atoms with E-state index < -0.39 is 0 Å². The Morgan fingerprint density at radius 1 is 1.15 bits per heavy atom. The summed E-state index contributed by atoms with van der Waals surface area (Å²) in [7, 11) is 0. The lowest BCUT2D eigenvalue weighted by Gasteiger charge is -2.55. The predicted molar refractivity (Wildman–Crippen MR) is 101 cm³/mol. The highest BCUT2D eigenvalue weighted by Crippen LogP contribution is 2.57. The van der Waals surface area contributed by atoms with Crippen molar-refractivity contribution in [3.8, 4) is 0 Å². The van der Waals surface area contributed by atoms with Crippen LogP contribution < -0.4 is 5.32 Å². The summed E-state index contributed by atoms with van der Waals surface area (Å²) in [5.74, 6) is 2.84. The molecule has 1 saturated heterocycles. The number of hydrogen-bond donors (Lipinski definition) is 1. The molecule has 148 valence electrons. The van der Waals surface area contributed by atoms with E-state index in [1.807, 2.05) is 0 Å². The number of nitrogens with zero attached hydrogens (tertiary/aromatic N) is 1. The third-order valence-corrected chi connectivity index (χ3v) is 7.48. The van der Waals surface area contributed by atoms with E-state index in [0.29, 0.717) is 5.92 Å². The van der Waals surface area contributed by atoms with E-state index in [2.05, 4.69) is 24.1 Å². The first-order valence-electron chi connectivity index (χ1n) is 10.8. The molecule has 0 aromatic rings. The first-order valence-corrected chi connectivity index (χ1v) is 10.8. The third-order valence-electron chi connectivity index (χ3n) is 7.48. The number of morpholine rings is 1. The van der Waals surface area contributed by atoms with Gasteiger partial charge in [-0.15, -0.1) is 0 Å². The number of amides is 1. The van der Waals surface area contributed by atoms with E-state index in [1.54, 1.807) is 0 Å². The lowest BCUT2D eigenvalue weighted by Crippen LogP contribution is -2.56. The zero-order chi connectivity index (χ0) is 18.1. The van der Waals surface area contributed by atoms with E-state index in [9.17, 15) is 4.79 Å². The highest BCUT2D eigenvalue weighted by molar-refractivity contribution is 5.68. The molecule has 4 bridgehead atoms. The lowest BCUT2D eigenvalue weighted by atomic mass is 9.54. The fourth-order valence-corrected chi connectivity index (χ4v) is 6.25. The van der Waals surface area contributed by atoms with Crippen LogP contribution in [-0.2, 0) is 9.47 Å². The second kappa shape index (κ2) is 7.67. The van der Waals surface area contributed by atoms with Gasteiger partial charge >= 0.3 is 6.09 Å². The number of rotatable bonds is 6. The summed E-state index contributed by atoms with van der Waals surface area (Å²) >= 11 is 0. The van der Waals surface area contributed by atoms with Gasteiger partial charge in [-0.2, -0.15) is 0 Å². The van der Waals surface area contributed by atoms with Crippen LogP contribution in [0.25, 0.3) is 0 Å². The summed E-state index contributed by atoms with van der Waals surface area (Å²) in [5.41, 5.74) is -0.155. The molecule has 4 aliphatic carbocycles. The number of ether oxygens (including phenoxy) is 2. The maximum atomic E-state index is 12.8. The Morgan fingerprint density at radius 3 is 2.27 bits per heavy atom. The van der Waals surface area contributed by atoms with Gasteiger partial charge in [0, 0.05) is 25.7 Å². The predicted octanol–water partition coefficient (Wildman–Crippen LogP) is 3.43. The molecule has 1 heterocycles. The molecule has 2 atom stereocenters.